The maximum atomic E-state index is 13.2. The van der Waals surface area contributed by atoms with E-state index >= 15 is 0 Å². The highest BCUT2D eigenvalue weighted by molar-refractivity contribution is 7.97. The molecule has 178 valence electrons. The highest BCUT2D eigenvalue weighted by Gasteiger charge is 2.59. The highest BCUT2D eigenvalue weighted by atomic mass is 32.2. The molecule has 1 N–H and O–H groups in total. The zero-order chi connectivity index (χ0) is 24.9. The van der Waals surface area contributed by atoms with Gasteiger partial charge < -0.3 is 9.66 Å². The van der Waals surface area contributed by atoms with Crippen LogP contribution in [0.4, 0.5) is 26.3 Å². The summed E-state index contributed by atoms with van der Waals surface area (Å²) in [5.41, 5.74) is 0. The average Bonchev–Trinajstić information content (AvgIpc) is 2.75. The Morgan fingerprint density at radius 1 is 0.727 bits per heavy atom. The number of halogens is 6. The summed E-state index contributed by atoms with van der Waals surface area (Å²) in [6.07, 6.45) is -10.4. The third-order valence-electron chi connectivity index (χ3n) is 3.97. The second kappa shape index (κ2) is 10.6. The second-order valence-corrected chi connectivity index (χ2v) is 9.83. The standard InChI is InChI=1S/C18H14FS.C3H3F5O4S/c19-15-11-13-18(14-12-15)20(16-7-3-1-4-8-16)17-9-5-2-6-10-17;4-2(5,6)1(9)3(7,8)13(10,11)12/h1-14H;1,9H,(H,10,11,12)/q+1;/p-1. The Kier molecular flexibility index (Phi) is 8.57. The molecule has 33 heavy (non-hydrogen) atoms. The summed E-state index contributed by atoms with van der Waals surface area (Å²) >= 11 is 0. The van der Waals surface area contributed by atoms with Gasteiger partial charge in [-0.25, -0.2) is 12.8 Å². The fraction of sp³-hybridized carbons (Fsp3) is 0.143. The predicted octanol–water partition coefficient (Wildman–Crippen LogP) is 4.97. The van der Waals surface area contributed by atoms with E-state index in [9.17, 15) is 39.3 Å². The molecule has 0 heterocycles. The number of aliphatic hydroxyl groups is 1. The van der Waals surface area contributed by atoms with Crippen molar-refractivity contribution in [1.29, 1.82) is 0 Å². The lowest BCUT2D eigenvalue weighted by molar-refractivity contribution is -0.248. The van der Waals surface area contributed by atoms with Gasteiger partial charge in [0.25, 0.3) is 0 Å². The molecule has 3 aromatic rings. The van der Waals surface area contributed by atoms with Crippen molar-refractivity contribution in [1.82, 2.24) is 0 Å². The van der Waals surface area contributed by atoms with Crippen molar-refractivity contribution < 1.29 is 44.4 Å². The minimum absolute atomic E-state index is 0.190. The quantitative estimate of drug-likeness (QED) is 0.299. The van der Waals surface area contributed by atoms with Gasteiger partial charge in [0.1, 0.15) is 5.82 Å². The lowest BCUT2D eigenvalue weighted by Crippen LogP contribution is -2.49. The molecule has 0 bridgehead atoms. The molecule has 3 aromatic carbocycles. The van der Waals surface area contributed by atoms with E-state index in [4.69, 9.17) is 5.11 Å². The number of rotatable bonds is 5. The summed E-state index contributed by atoms with van der Waals surface area (Å²) in [6.45, 7) is 0. The Morgan fingerprint density at radius 3 is 1.39 bits per heavy atom. The van der Waals surface area contributed by atoms with Crippen LogP contribution in [0.2, 0.25) is 0 Å². The monoisotopic (exact) mass is 510 g/mol. The minimum Gasteiger partial charge on any atom is -0.743 e. The van der Waals surface area contributed by atoms with Gasteiger partial charge in [-0.2, -0.15) is 22.0 Å². The molecule has 0 aliphatic rings. The molecule has 0 amide bonds. The van der Waals surface area contributed by atoms with E-state index in [1.54, 1.807) is 0 Å². The van der Waals surface area contributed by atoms with Crippen molar-refractivity contribution in [2.24, 2.45) is 0 Å². The van der Waals surface area contributed by atoms with E-state index in [1.807, 2.05) is 48.5 Å². The van der Waals surface area contributed by atoms with Gasteiger partial charge in [-0.15, -0.1) is 0 Å². The van der Waals surface area contributed by atoms with Crippen LogP contribution in [0.5, 0.6) is 0 Å². The molecule has 0 aliphatic heterocycles. The van der Waals surface area contributed by atoms with Crippen molar-refractivity contribution in [2.45, 2.75) is 32.2 Å². The number of benzene rings is 3. The summed E-state index contributed by atoms with van der Waals surface area (Å²) in [5.74, 6) is -0.196. The highest BCUT2D eigenvalue weighted by Crippen LogP contribution is 2.35. The van der Waals surface area contributed by atoms with E-state index in [1.165, 1.54) is 21.9 Å². The SMILES string of the molecule is Fc1ccc([S+](c2ccccc2)c2ccccc2)cc1.O=S(=O)([O-])C(F)(F)C(O)C(F)(F)F. The number of aliphatic hydroxyl groups excluding tert-OH is 1. The van der Waals surface area contributed by atoms with Crippen LogP contribution in [-0.4, -0.2) is 35.6 Å². The first-order valence-electron chi connectivity index (χ1n) is 8.93. The van der Waals surface area contributed by atoms with Gasteiger partial charge in [0.2, 0.25) is 6.10 Å². The van der Waals surface area contributed by atoms with Crippen LogP contribution in [0.1, 0.15) is 0 Å². The largest absolute Gasteiger partial charge is 0.743 e. The van der Waals surface area contributed by atoms with Crippen LogP contribution < -0.4 is 0 Å². The molecule has 12 heteroatoms. The zero-order valence-corrected chi connectivity index (χ0v) is 18.0. The summed E-state index contributed by atoms with van der Waals surface area (Å²) in [4.78, 5) is 3.61. The van der Waals surface area contributed by atoms with E-state index in [-0.39, 0.29) is 16.7 Å². The van der Waals surface area contributed by atoms with Crippen molar-refractivity contribution in [3.63, 3.8) is 0 Å². The molecule has 1 atom stereocenters. The molecule has 0 saturated carbocycles. The van der Waals surface area contributed by atoms with Gasteiger partial charge in [0.05, 0.1) is 10.9 Å². The maximum Gasteiger partial charge on any atom is 0.421 e. The Labute approximate surface area is 188 Å². The van der Waals surface area contributed by atoms with Gasteiger partial charge in [-0.05, 0) is 48.5 Å². The number of hydrogen-bond donors (Lipinski definition) is 1. The molecule has 0 fully saturated rings. The number of hydrogen-bond acceptors (Lipinski definition) is 4. The topological polar surface area (TPSA) is 77.4 Å². The molecule has 4 nitrogen and oxygen atoms in total. The summed E-state index contributed by atoms with van der Waals surface area (Å²) in [7, 11) is -6.73. The van der Waals surface area contributed by atoms with Gasteiger partial charge >= 0.3 is 11.4 Å². The Morgan fingerprint density at radius 2 is 1.09 bits per heavy atom. The third-order valence-corrected chi connectivity index (χ3v) is 7.09. The molecular formula is C21H16F6O4S2. The van der Waals surface area contributed by atoms with Crippen molar-refractivity contribution in [3.05, 3.63) is 90.7 Å². The first kappa shape index (κ1) is 26.7. The van der Waals surface area contributed by atoms with Gasteiger partial charge in [-0.1, -0.05) is 36.4 Å². The molecule has 3 rings (SSSR count). The smallest absolute Gasteiger partial charge is 0.421 e. The molecule has 0 radical (unpaired) electrons. The van der Waals surface area contributed by atoms with E-state index in [0.717, 1.165) is 4.90 Å². The van der Waals surface area contributed by atoms with Gasteiger partial charge in [-0.3, -0.25) is 0 Å². The molecular weight excluding hydrogens is 494 g/mol. The maximum absolute atomic E-state index is 13.2. The number of alkyl halides is 5. The van der Waals surface area contributed by atoms with Crippen LogP contribution in [0.15, 0.2) is 99.6 Å². The molecule has 0 aromatic heterocycles. The Hall–Kier alpha value is -2.54. The van der Waals surface area contributed by atoms with Crippen molar-refractivity contribution >= 4 is 21.0 Å². The van der Waals surface area contributed by atoms with E-state index in [2.05, 4.69) is 24.3 Å². The van der Waals surface area contributed by atoms with Gasteiger partial charge in [0, 0.05) is 0 Å². The summed E-state index contributed by atoms with van der Waals surface area (Å²) in [6, 6.07) is 27.5. The first-order chi connectivity index (χ1) is 15.2. The van der Waals surface area contributed by atoms with Crippen molar-refractivity contribution in [2.75, 3.05) is 0 Å². The predicted molar refractivity (Wildman–Crippen MR) is 108 cm³/mol. The van der Waals surface area contributed by atoms with Crippen LogP contribution in [0, 0.1) is 5.82 Å². The van der Waals surface area contributed by atoms with Gasteiger partial charge in [0.15, 0.2) is 24.8 Å². The fourth-order valence-electron chi connectivity index (χ4n) is 2.42. The Bertz CT molecular complexity index is 1080. The molecule has 1 unspecified atom stereocenters. The minimum atomic E-state index is -6.54. The second-order valence-electron chi connectivity index (χ2n) is 6.35. The lowest BCUT2D eigenvalue weighted by Gasteiger charge is -2.26. The first-order valence-corrected chi connectivity index (χ1v) is 11.6. The summed E-state index contributed by atoms with van der Waals surface area (Å²) in [5, 5.41) is 2.02. The lowest BCUT2D eigenvalue weighted by atomic mass is 10.3. The van der Waals surface area contributed by atoms with Crippen LogP contribution in [0.25, 0.3) is 0 Å². The normalized spacial score (nSPS) is 13.2. The van der Waals surface area contributed by atoms with Crippen LogP contribution >= 0.6 is 0 Å². The molecule has 0 saturated heterocycles. The van der Waals surface area contributed by atoms with Crippen molar-refractivity contribution in [3.8, 4) is 0 Å². The fourth-order valence-corrected chi connectivity index (χ4v) is 4.91. The average molecular weight is 510 g/mol. The Balaban J connectivity index is 0.000000260. The van der Waals surface area contributed by atoms with E-state index in [0.29, 0.717) is 0 Å². The van der Waals surface area contributed by atoms with Crippen LogP contribution in [-0.2, 0) is 21.0 Å². The van der Waals surface area contributed by atoms with E-state index < -0.39 is 27.7 Å². The third kappa shape index (κ3) is 6.97. The van der Waals surface area contributed by atoms with Crippen LogP contribution in [0.3, 0.4) is 0 Å². The molecule has 0 aliphatic carbocycles. The molecule has 0 spiro atoms. The summed E-state index contributed by atoms with van der Waals surface area (Å²) < 4.78 is 99.8. The zero-order valence-electron chi connectivity index (χ0n) is 16.4.